The zero-order valence-corrected chi connectivity index (χ0v) is 11.6. The highest BCUT2D eigenvalue weighted by Crippen LogP contribution is 2.24. The summed E-state index contributed by atoms with van der Waals surface area (Å²) in [6.45, 7) is 5.47. The Morgan fingerprint density at radius 1 is 1.21 bits per heavy atom. The minimum absolute atomic E-state index is 0.923. The second-order valence-electron chi connectivity index (χ2n) is 5.15. The smallest absolute Gasteiger partial charge is 0.119 e. The zero-order valence-electron chi connectivity index (χ0n) is 11.6. The van der Waals surface area contributed by atoms with Crippen LogP contribution in [-0.4, -0.2) is 42.8 Å². The molecule has 3 rings (SSSR count). The molecule has 0 radical (unpaired) electrons. The van der Waals surface area contributed by atoms with Gasteiger partial charge in [0.1, 0.15) is 5.75 Å². The average molecular weight is 259 g/mol. The number of hydrogen-bond donors (Lipinski definition) is 1. The Labute approximate surface area is 114 Å². The molecule has 1 aromatic heterocycles. The monoisotopic (exact) mass is 259 g/mol. The molecule has 0 aliphatic carbocycles. The van der Waals surface area contributed by atoms with Crippen molar-refractivity contribution in [2.45, 2.75) is 6.54 Å². The van der Waals surface area contributed by atoms with Crippen LogP contribution in [0.5, 0.6) is 5.75 Å². The van der Waals surface area contributed by atoms with Crippen LogP contribution in [0.15, 0.2) is 24.3 Å². The molecule has 1 aromatic carbocycles. The molecule has 1 saturated heterocycles. The number of ether oxygens (including phenoxy) is 1. The first-order valence-electron chi connectivity index (χ1n) is 6.83. The second kappa shape index (κ2) is 5.23. The highest BCUT2D eigenvalue weighted by Gasteiger charge is 2.13. The molecule has 19 heavy (non-hydrogen) atoms. The molecule has 2 heterocycles. The van der Waals surface area contributed by atoms with E-state index in [0.29, 0.717) is 0 Å². The van der Waals surface area contributed by atoms with Crippen LogP contribution in [0.1, 0.15) is 5.69 Å². The summed E-state index contributed by atoms with van der Waals surface area (Å²) in [5.74, 6) is 0.923. The summed E-state index contributed by atoms with van der Waals surface area (Å²) in [7, 11) is 3.86. The molecule has 2 aromatic rings. The summed E-state index contributed by atoms with van der Waals surface area (Å²) in [6, 6.07) is 8.54. The Bertz CT molecular complexity index is 570. The molecule has 1 aliphatic heterocycles. The molecule has 0 spiro atoms. The molecule has 4 nitrogen and oxygen atoms in total. The molecule has 0 amide bonds. The molecule has 0 unspecified atom stereocenters. The van der Waals surface area contributed by atoms with Crippen molar-refractivity contribution in [1.29, 1.82) is 0 Å². The number of benzene rings is 1. The Hall–Kier alpha value is -1.52. The van der Waals surface area contributed by atoms with Crippen LogP contribution in [0, 0.1) is 0 Å². The van der Waals surface area contributed by atoms with E-state index in [1.54, 1.807) is 7.11 Å². The van der Waals surface area contributed by atoms with Crippen molar-refractivity contribution >= 4 is 10.9 Å². The van der Waals surface area contributed by atoms with E-state index >= 15 is 0 Å². The third-order valence-electron chi connectivity index (χ3n) is 3.94. The van der Waals surface area contributed by atoms with Crippen molar-refractivity contribution in [3.63, 3.8) is 0 Å². The van der Waals surface area contributed by atoms with E-state index in [4.69, 9.17) is 4.74 Å². The molecular weight excluding hydrogens is 238 g/mol. The normalized spacial score (nSPS) is 16.9. The van der Waals surface area contributed by atoms with E-state index in [-0.39, 0.29) is 0 Å². The van der Waals surface area contributed by atoms with Gasteiger partial charge in [0, 0.05) is 56.4 Å². The van der Waals surface area contributed by atoms with Crippen molar-refractivity contribution in [3.05, 3.63) is 30.0 Å². The SMILES string of the molecule is COc1ccc2c(c1)cc(CN1CCNCC1)n2C. The predicted octanol–water partition coefficient (Wildman–Crippen LogP) is 1.59. The quantitative estimate of drug-likeness (QED) is 0.908. The lowest BCUT2D eigenvalue weighted by Crippen LogP contribution is -2.43. The lowest BCUT2D eigenvalue weighted by molar-refractivity contribution is 0.229. The summed E-state index contributed by atoms with van der Waals surface area (Å²) in [6.07, 6.45) is 0. The number of methoxy groups -OCH3 is 1. The van der Waals surface area contributed by atoms with Gasteiger partial charge in [0.15, 0.2) is 0 Å². The third-order valence-corrected chi connectivity index (χ3v) is 3.94. The van der Waals surface area contributed by atoms with Crippen LogP contribution in [0.4, 0.5) is 0 Å². The average Bonchev–Trinajstić information content (AvgIpc) is 2.76. The van der Waals surface area contributed by atoms with Gasteiger partial charge in [-0.3, -0.25) is 4.90 Å². The van der Waals surface area contributed by atoms with E-state index in [1.165, 1.54) is 16.6 Å². The van der Waals surface area contributed by atoms with Gasteiger partial charge < -0.3 is 14.6 Å². The van der Waals surface area contributed by atoms with Crippen molar-refractivity contribution in [1.82, 2.24) is 14.8 Å². The number of fused-ring (bicyclic) bond motifs is 1. The van der Waals surface area contributed by atoms with Crippen LogP contribution in [0.2, 0.25) is 0 Å². The van der Waals surface area contributed by atoms with E-state index in [0.717, 1.165) is 38.5 Å². The molecule has 0 saturated carbocycles. The maximum absolute atomic E-state index is 5.29. The first-order valence-corrected chi connectivity index (χ1v) is 6.83. The van der Waals surface area contributed by atoms with Gasteiger partial charge in [-0.05, 0) is 24.3 Å². The first-order chi connectivity index (χ1) is 9.28. The highest BCUT2D eigenvalue weighted by atomic mass is 16.5. The third kappa shape index (κ3) is 2.46. The number of nitrogens with zero attached hydrogens (tertiary/aromatic N) is 2. The molecule has 1 N–H and O–H groups in total. The van der Waals surface area contributed by atoms with Crippen molar-refractivity contribution in [2.75, 3.05) is 33.3 Å². The standard InChI is InChI=1S/C15H21N3O/c1-17-13(11-18-7-5-16-6-8-18)9-12-10-14(19-2)3-4-15(12)17/h3-4,9-10,16H,5-8,11H2,1-2H3. The molecular formula is C15H21N3O. The summed E-state index contributed by atoms with van der Waals surface area (Å²) < 4.78 is 7.58. The molecule has 1 fully saturated rings. The predicted molar refractivity (Wildman–Crippen MR) is 77.6 cm³/mol. The van der Waals surface area contributed by atoms with Gasteiger partial charge in [-0.15, -0.1) is 0 Å². The number of aryl methyl sites for hydroxylation is 1. The zero-order chi connectivity index (χ0) is 13.2. The van der Waals surface area contributed by atoms with Gasteiger partial charge in [0.2, 0.25) is 0 Å². The van der Waals surface area contributed by atoms with Gasteiger partial charge >= 0.3 is 0 Å². The molecule has 1 aliphatic rings. The van der Waals surface area contributed by atoms with Crippen LogP contribution >= 0.6 is 0 Å². The second-order valence-corrected chi connectivity index (χ2v) is 5.15. The maximum Gasteiger partial charge on any atom is 0.119 e. The number of rotatable bonds is 3. The van der Waals surface area contributed by atoms with E-state index < -0.39 is 0 Å². The number of nitrogens with one attached hydrogen (secondary N) is 1. The highest BCUT2D eigenvalue weighted by molar-refractivity contribution is 5.82. The summed E-state index contributed by atoms with van der Waals surface area (Å²) in [5.41, 5.74) is 2.64. The van der Waals surface area contributed by atoms with Crippen molar-refractivity contribution in [3.8, 4) is 5.75 Å². The van der Waals surface area contributed by atoms with E-state index in [9.17, 15) is 0 Å². The van der Waals surface area contributed by atoms with Crippen LogP contribution in [0.3, 0.4) is 0 Å². The number of hydrogen-bond acceptors (Lipinski definition) is 3. The molecule has 0 bridgehead atoms. The van der Waals surface area contributed by atoms with Crippen LogP contribution in [0.25, 0.3) is 10.9 Å². The van der Waals surface area contributed by atoms with Crippen LogP contribution < -0.4 is 10.1 Å². The fourth-order valence-corrected chi connectivity index (χ4v) is 2.76. The Balaban J connectivity index is 1.88. The van der Waals surface area contributed by atoms with Crippen molar-refractivity contribution in [2.24, 2.45) is 7.05 Å². The lowest BCUT2D eigenvalue weighted by atomic mass is 10.2. The van der Waals surface area contributed by atoms with Gasteiger partial charge in [-0.25, -0.2) is 0 Å². The summed E-state index contributed by atoms with van der Waals surface area (Å²) >= 11 is 0. The van der Waals surface area contributed by atoms with Crippen molar-refractivity contribution < 1.29 is 4.74 Å². The van der Waals surface area contributed by atoms with Gasteiger partial charge in [0.05, 0.1) is 7.11 Å². The first kappa shape index (κ1) is 12.5. The number of piperazine rings is 1. The fraction of sp³-hybridized carbons (Fsp3) is 0.467. The fourth-order valence-electron chi connectivity index (χ4n) is 2.76. The van der Waals surface area contributed by atoms with Gasteiger partial charge in [0.25, 0.3) is 0 Å². The summed E-state index contributed by atoms with van der Waals surface area (Å²) in [4.78, 5) is 2.50. The molecule has 0 atom stereocenters. The maximum atomic E-state index is 5.29. The van der Waals surface area contributed by atoms with E-state index in [1.807, 2.05) is 6.07 Å². The molecule has 102 valence electrons. The Kier molecular flexibility index (Phi) is 3.44. The largest absolute Gasteiger partial charge is 0.497 e. The summed E-state index contributed by atoms with van der Waals surface area (Å²) in [5, 5.41) is 4.65. The van der Waals surface area contributed by atoms with Gasteiger partial charge in [-0.1, -0.05) is 0 Å². The Morgan fingerprint density at radius 2 is 2.00 bits per heavy atom. The number of aromatic nitrogens is 1. The minimum Gasteiger partial charge on any atom is -0.497 e. The molecule has 4 heteroatoms. The lowest BCUT2D eigenvalue weighted by Gasteiger charge is -2.27. The topological polar surface area (TPSA) is 29.4 Å². The Morgan fingerprint density at radius 3 is 2.74 bits per heavy atom. The van der Waals surface area contributed by atoms with Crippen LogP contribution in [-0.2, 0) is 13.6 Å². The van der Waals surface area contributed by atoms with E-state index in [2.05, 4.69) is 40.0 Å². The van der Waals surface area contributed by atoms with Gasteiger partial charge in [-0.2, -0.15) is 0 Å². The minimum atomic E-state index is 0.923.